The molecular formula is C10H23NOS. The third kappa shape index (κ3) is 8.16. The van der Waals surface area contributed by atoms with Gasteiger partial charge in [0.15, 0.2) is 0 Å². The quantitative estimate of drug-likeness (QED) is 0.687. The number of thioether (sulfide) groups is 1. The van der Waals surface area contributed by atoms with Crippen LogP contribution in [0.5, 0.6) is 0 Å². The van der Waals surface area contributed by atoms with Crippen LogP contribution in [0.3, 0.4) is 0 Å². The summed E-state index contributed by atoms with van der Waals surface area (Å²) < 4.78 is 0. The highest BCUT2D eigenvalue weighted by Gasteiger charge is 2.06. The molecule has 0 heterocycles. The molecule has 3 heteroatoms. The Morgan fingerprint density at radius 2 is 1.85 bits per heavy atom. The number of amides is 1. The van der Waals surface area contributed by atoms with Crippen LogP contribution in [0.25, 0.3) is 0 Å². The van der Waals surface area contributed by atoms with E-state index in [4.69, 9.17) is 0 Å². The lowest BCUT2D eigenvalue weighted by molar-refractivity contribution is -0.130. The summed E-state index contributed by atoms with van der Waals surface area (Å²) in [7, 11) is 0. The van der Waals surface area contributed by atoms with Gasteiger partial charge in [0, 0.05) is 25.3 Å². The van der Waals surface area contributed by atoms with E-state index >= 15 is 0 Å². The van der Waals surface area contributed by atoms with Gasteiger partial charge in [0.1, 0.15) is 0 Å². The maximum Gasteiger partial charge on any atom is 0.222 e. The average molecular weight is 205 g/mol. The summed E-state index contributed by atoms with van der Waals surface area (Å²) in [6.45, 7) is 9.66. The van der Waals surface area contributed by atoms with Crippen molar-refractivity contribution in [1.29, 1.82) is 0 Å². The van der Waals surface area contributed by atoms with Gasteiger partial charge in [0.2, 0.25) is 5.91 Å². The molecule has 0 aliphatic carbocycles. The molecule has 0 aliphatic rings. The zero-order chi connectivity index (χ0) is 10.7. The summed E-state index contributed by atoms with van der Waals surface area (Å²) in [4.78, 5) is 13.1. The van der Waals surface area contributed by atoms with Gasteiger partial charge in [-0.25, -0.2) is 0 Å². The fourth-order valence-electron chi connectivity index (χ4n) is 0.884. The van der Waals surface area contributed by atoms with Crippen LogP contribution in [-0.2, 0) is 4.79 Å². The molecule has 13 heavy (non-hydrogen) atoms. The highest BCUT2D eigenvalue weighted by atomic mass is 32.2. The molecule has 2 nitrogen and oxygen atoms in total. The second-order valence-corrected chi connectivity index (χ2v) is 3.31. The molecule has 0 rings (SSSR count). The fourth-order valence-corrected chi connectivity index (χ4v) is 1.29. The second kappa shape index (κ2) is 11.8. The summed E-state index contributed by atoms with van der Waals surface area (Å²) in [6, 6.07) is 0. The summed E-state index contributed by atoms with van der Waals surface area (Å²) in [5, 5.41) is 0. The lowest BCUT2D eigenvalue weighted by Gasteiger charge is -2.19. The van der Waals surface area contributed by atoms with E-state index in [-0.39, 0.29) is 5.91 Å². The predicted octanol–water partition coefficient (Wildman–Crippen LogP) is 2.63. The first-order valence-corrected chi connectivity index (χ1v) is 6.42. The Morgan fingerprint density at radius 3 is 2.15 bits per heavy atom. The van der Waals surface area contributed by atoms with E-state index < -0.39 is 0 Å². The van der Waals surface area contributed by atoms with Crippen molar-refractivity contribution in [2.75, 3.05) is 25.1 Å². The standard InChI is InChI=1S/C8H17NOS.C2H6/c1-4-8(10)9(5-2)6-7-11-3;1-2/h4-7H2,1-3H3;1-2H3. The molecule has 0 aromatic rings. The van der Waals surface area contributed by atoms with Crippen molar-refractivity contribution >= 4 is 17.7 Å². The van der Waals surface area contributed by atoms with Crippen LogP contribution in [0.2, 0.25) is 0 Å². The minimum atomic E-state index is 0.265. The van der Waals surface area contributed by atoms with Crippen LogP contribution in [0, 0.1) is 0 Å². The molecule has 0 saturated carbocycles. The molecule has 80 valence electrons. The van der Waals surface area contributed by atoms with Crippen molar-refractivity contribution < 1.29 is 4.79 Å². The van der Waals surface area contributed by atoms with Gasteiger partial charge in [0.25, 0.3) is 0 Å². The molecule has 0 atom stereocenters. The topological polar surface area (TPSA) is 20.3 Å². The highest BCUT2D eigenvalue weighted by Crippen LogP contribution is 1.97. The minimum Gasteiger partial charge on any atom is -0.342 e. The van der Waals surface area contributed by atoms with Gasteiger partial charge in [-0.15, -0.1) is 0 Å². The molecule has 0 fully saturated rings. The van der Waals surface area contributed by atoms with Gasteiger partial charge in [-0.2, -0.15) is 11.8 Å². The molecule has 0 N–H and O–H groups in total. The van der Waals surface area contributed by atoms with E-state index in [2.05, 4.69) is 6.26 Å². The van der Waals surface area contributed by atoms with Crippen LogP contribution in [0.4, 0.5) is 0 Å². The lowest BCUT2D eigenvalue weighted by atomic mass is 10.4. The number of rotatable bonds is 5. The zero-order valence-corrected chi connectivity index (χ0v) is 10.4. The first-order valence-electron chi connectivity index (χ1n) is 5.02. The fraction of sp³-hybridized carbons (Fsp3) is 0.900. The average Bonchev–Trinajstić information content (AvgIpc) is 2.21. The molecule has 0 spiro atoms. The van der Waals surface area contributed by atoms with Crippen molar-refractivity contribution in [1.82, 2.24) is 4.90 Å². The summed E-state index contributed by atoms with van der Waals surface area (Å²) in [5.74, 6) is 1.31. The van der Waals surface area contributed by atoms with Gasteiger partial charge < -0.3 is 4.90 Å². The Hall–Kier alpha value is -0.180. The molecule has 0 aromatic heterocycles. The first-order chi connectivity index (χ1) is 6.26. The molecule has 0 radical (unpaired) electrons. The predicted molar refractivity (Wildman–Crippen MR) is 62.3 cm³/mol. The Kier molecular flexibility index (Phi) is 13.9. The van der Waals surface area contributed by atoms with E-state index in [1.165, 1.54) is 0 Å². The van der Waals surface area contributed by atoms with Crippen LogP contribution < -0.4 is 0 Å². The van der Waals surface area contributed by atoms with Crippen molar-refractivity contribution in [2.24, 2.45) is 0 Å². The molecular weight excluding hydrogens is 182 g/mol. The smallest absolute Gasteiger partial charge is 0.222 e. The van der Waals surface area contributed by atoms with Crippen molar-refractivity contribution in [2.45, 2.75) is 34.1 Å². The highest BCUT2D eigenvalue weighted by molar-refractivity contribution is 7.98. The minimum absolute atomic E-state index is 0.265. The SMILES string of the molecule is CC.CCC(=O)N(CC)CCSC. The van der Waals surface area contributed by atoms with E-state index in [9.17, 15) is 4.79 Å². The van der Waals surface area contributed by atoms with Gasteiger partial charge in [-0.3, -0.25) is 4.79 Å². The van der Waals surface area contributed by atoms with Crippen molar-refractivity contribution in [3.63, 3.8) is 0 Å². The van der Waals surface area contributed by atoms with Crippen LogP contribution in [-0.4, -0.2) is 35.9 Å². The van der Waals surface area contributed by atoms with E-state index in [0.29, 0.717) is 6.42 Å². The Morgan fingerprint density at radius 1 is 1.31 bits per heavy atom. The first kappa shape index (κ1) is 15.3. The number of hydrogen-bond donors (Lipinski definition) is 0. The Balaban J connectivity index is 0. The van der Waals surface area contributed by atoms with Crippen LogP contribution >= 0.6 is 11.8 Å². The number of carbonyl (C=O) groups is 1. The van der Waals surface area contributed by atoms with Crippen LogP contribution in [0.15, 0.2) is 0 Å². The summed E-state index contributed by atoms with van der Waals surface area (Å²) in [6.07, 6.45) is 2.69. The van der Waals surface area contributed by atoms with Crippen LogP contribution in [0.1, 0.15) is 34.1 Å². The number of carbonyl (C=O) groups excluding carboxylic acids is 1. The van der Waals surface area contributed by atoms with Gasteiger partial charge in [-0.1, -0.05) is 20.8 Å². The number of hydrogen-bond acceptors (Lipinski definition) is 2. The molecule has 0 saturated heterocycles. The molecule has 0 bridgehead atoms. The summed E-state index contributed by atoms with van der Waals surface area (Å²) >= 11 is 1.78. The molecule has 1 amide bonds. The molecule has 0 aliphatic heterocycles. The Labute approximate surface area is 87.1 Å². The van der Waals surface area contributed by atoms with E-state index in [1.807, 2.05) is 32.6 Å². The maximum atomic E-state index is 11.2. The lowest BCUT2D eigenvalue weighted by Crippen LogP contribution is -2.32. The maximum absolute atomic E-state index is 11.2. The molecule has 0 unspecified atom stereocenters. The van der Waals surface area contributed by atoms with Gasteiger partial charge in [0.05, 0.1) is 0 Å². The van der Waals surface area contributed by atoms with E-state index in [1.54, 1.807) is 11.8 Å². The molecule has 0 aromatic carbocycles. The van der Waals surface area contributed by atoms with Crippen molar-refractivity contribution in [3.05, 3.63) is 0 Å². The Bertz CT molecular complexity index is 117. The number of nitrogens with zero attached hydrogens (tertiary/aromatic N) is 1. The normalized spacial score (nSPS) is 8.69. The van der Waals surface area contributed by atoms with E-state index in [0.717, 1.165) is 18.8 Å². The third-order valence-electron chi connectivity index (χ3n) is 1.60. The van der Waals surface area contributed by atoms with Crippen molar-refractivity contribution in [3.8, 4) is 0 Å². The second-order valence-electron chi connectivity index (χ2n) is 2.32. The third-order valence-corrected chi connectivity index (χ3v) is 2.19. The zero-order valence-electron chi connectivity index (χ0n) is 9.59. The monoisotopic (exact) mass is 205 g/mol. The largest absolute Gasteiger partial charge is 0.342 e. The van der Waals surface area contributed by atoms with Gasteiger partial charge >= 0.3 is 0 Å². The summed E-state index contributed by atoms with van der Waals surface area (Å²) in [5.41, 5.74) is 0. The van der Waals surface area contributed by atoms with Gasteiger partial charge in [-0.05, 0) is 13.2 Å².